The standard InChI is InChI=1S/C24H27N5O5S/c1-16(31)34-24(17-7-9-18(10-8-17)26-15-30)28-14-21-20-11-12-29(23(20)25-13-22(21)27-28)35(32,33)19-5-3-2-4-6-19/h2-6,11-13,15,17-18,24,27H,7-10,14H2,1H3,(H,26,30). The second-order valence-corrected chi connectivity index (χ2v) is 10.8. The SMILES string of the molecule is CC(=O)OC(C1CCC(NC=O)CC1)N1Cc2c(cnc3c2ccn3S(=O)(=O)c2ccccc2)N1. The molecular formula is C24H27N5O5S. The van der Waals surface area contributed by atoms with E-state index >= 15 is 0 Å². The first-order valence-electron chi connectivity index (χ1n) is 11.6. The first-order chi connectivity index (χ1) is 16.9. The highest BCUT2D eigenvalue weighted by Gasteiger charge is 2.37. The second-order valence-electron chi connectivity index (χ2n) is 8.95. The van der Waals surface area contributed by atoms with E-state index in [1.807, 2.05) is 5.01 Å². The van der Waals surface area contributed by atoms with Crippen molar-refractivity contribution in [1.82, 2.24) is 19.3 Å². The van der Waals surface area contributed by atoms with Gasteiger partial charge in [-0.1, -0.05) is 18.2 Å². The summed E-state index contributed by atoms with van der Waals surface area (Å²) in [6.07, 6.45) is 6.60. The van der Waals surface area contributed by atoms with E-state index in [9.17, 15) is 18.0 Å². The zero-order valence-electron chi connectivity index (χ0n) is 19.3. The summed E-state index contributed by atoms with van der Waals surface area (Å²) in [5.41, 5.74) is 5.30. The first-order valence-corrected chi connectivity index (χ1v) is 13.0. The number of aromatic nitrogens is 2. The van der Waals surface area contributed by atoms with Gasteiger partial charge in [0.15, 0.2) is 11.9 Å². The third-order valence-electron chi connectivity index (χ3n) is 6.76. The van der Waals surface area contributed by atoms with Crippen LogP contribution in [0.1, 0.15) is 38.2 Å². The maximum absolute atomic E-state index is 13.2. The summed E-state index contributed by atoms with van der Waals surface area (Å²) >= 11 is 0. The third kappa shape index (κ3) is 4.37. The minimum absolute atomic E-state index is 0.0944. The molecule has 1 fully saturated rings. The number of rotatable bonds is 7. The summed E-state index contributed by atoms with van der Waals surface area (Å²) in [4.78, 5) is 27.3. The van der Waals surface area contributed by atoms with Crippen molar-refractivity contribution in [2.75, 3.05) is 5.43 Å². The van der Waals surface area contributed by atoms with E-state index in [0.29, 0.717) is 12.2 Å². The lowest BCUT2D eigenvalue weighted by Gasteiger charge is -2.37. The predicted octanol–water partition coefficient (Wildman–Crippen LogP) is 2.61. The van der Waals surface area contributed by atoms with Crippen LogP contribution < -0.4 is 10.7 Å². The summed E-state index contributed by atoms with van der Waals surface area (Å²) in [5.74, 6) is -0.277. The summed E-state index contributed by atoms with van der Waals surface area (Å²) in [5, 5.41) is 5.44. The molecule has 0 saturated heterocycles. The van der Waals surface area contributed by atoms with Crippen LogP contribution in [0.15, 0.2) is 53.7 Å². The number of hydrogen-bond acceptors (Lipinski definition) is 8. The first kappa shape index (κ1) is 23.3. The van der Waals surface area contributed by atoms with E-state index in [0.717, 1.165) is 48.7 Å². The fraction of sp³-hybridized carbons (Fsp3) is 0.375. The quantitative estimate of drug-likeness (QED) is 0.377. The van der Waals surface area contributed by atoms with Gasteiger partial charge in [0.2, 0.25) is 6.41 Å². The van der Waals surface area contributed by atoms with Gasteiger partial charge in [-0.2, -0.15) is 5.01 Å². The number of carbonyl (C=O) groups is 2. The number of fused-ring (bicyclic) bond motifs is 3. The molecule has 0 radical (unpaired) electrons. The molecule has 1 atom stereocenters. The third-order valence-corrected chi connectivity index (χ3v) is 8.44. The summed E-state index contributed by atoms with van der Waals surface area (Å²) in [6.45, 7) is 1.82. The minimum atomic E-state index is -3.79. The average molecular weight is 498 g/mol. The molecule has 5 rings (SSSR count). The number of esters is 1. The van der Waals surface area contributed by atoms with Crippen molar-refractivity contribution in [3.05, 3.63) is 54.4 Å². The van der Waals surface area contributed by atoms with Crippen LogP contribution in [0.3, 0.4) is 0 Å². The molecule has 1 aliphatic heterocycles. The highest BCUT2D eigenvalue weighted by atomic mass is 32.2. The van der Waals surface area contributed by atoms with Crippen LogP contribution in [-0.4, -0.2) is 47.0 Å². The van der Waals surface area contributed by atoms with Crippen LogP contribution in [-0.2, 0) is 30.9 Å². The van der Waals surface area contributed by atoms with Crippen LogP contribution in [0.25, 0.3) is 11.0 Å². The van der Waals surface area contributed by atoms with Gasteiger partial charge in [-0.25, -0.2) is 17.4 Å². The second kappa shape index (κ2) is 9.31. The molecule has 3 heterocycles. The number of nitrogens with one attached hydrogen (secondary N) is 2. The monoisotopic (exact) mass is 497 g/mol. The highest BCUT2D eigenvalue weighted by molar-refractivity contribution is 7.90. The lowest BCUT2D eigenvalue weighted by atomic mass is 9.84. The molecule has 3 aromatic rings. The van der Waals surface area contributed by atoms with Crippen molar-refractivity contribution in [2.24, 2.45) is 5.92 Å². The molecule has 11 heteroatoms. The van der Waals surface area contributed by atoms with Gasteiger partial charge in [0.1, 0.15) is 0 Å². The lowest BCUT2D eigenvalue weighted by Crippen LogP contribution is -2.46. The molecule has 1 saturated carbocycles. The molecular weight excluding hydrogens is 470 g/mol. The Morgan fingerprint density at radius 3 is 2.63 bits per heavy atom. The average Bonchev–Trinajstić information content (AvgIpc) is 3.48. The van der Waals surface area contributed by atoms with Crippen LogP contribution in [0.2, 0.25) is 0 Å². The van der Waals surface area contributed by atoms with Crippen LogP contribution in [0, 0.1) is 5.92 Å². The Morgan fingerprint density at radius 2 is 1.94 bits per heavy atom. The van der Waals surface area contributed by atoms with Gasteiger partial charge in [0, 0.05) is 42.6 Å². The summed E-state index contributed by atoms with van der Waals surface area (Å²) in [6, 6.07) is 10.1. The van der Waals surface area contributed by atoms with Crippen molar-refractivity contribution in [1.29, 1.82) is 0 Å². The molecule has 35 heavy (non-hydrogen) atoms. The number of amides is 1. The molecule has 1 aliphatic carbocycles. The number of hydrogen-bond donors (Lipinski definition) is 2. The predicted molar refractivity (Wildman–Crippen MR) is 128 cm³/mol. The fourth-order valence-electron chi connectivity index (χ4n) is 5.05. The maximum atomic E-state index is 13.2. The Balaban J connectivity index is 1.42. The Hall–Kier alpha value is -3.44. The molecule has 0 bridgehead atoms. The van der Waals surface area contributed by atoms with Gasteiger partial charge >= 0.3 is 5.97 Å². The number of benzene rings is 1. The van der Waals surface area contributed by atoms with Gasteiger partial charge < -0.3 is 15.5 Å². The van der Waals surface area contributed by atoms with Crippen LogP contribution in [0.5, 0.6) is 0 Å². The molecule has 184 valence electrons. The van der Waals surface area contributed by atoms with E-state index in [1.54, 1.807) is 42.6 Å². The van der Waals surface area contributed by atoms with Gasteiger partial charge in [-0.15, -0.1) is 0 Å². The maximum Gasteiger partial charge on any atom is 0.304 e. The fourth-order valence-corrected chi connectivity index (χ4v) is 6.38. The number of hydrazine groups is 1. The zero-order chi connectivity index (χ0) is 24.6. The van der Waals surface area contributed by atoms with Crippen molar-refractivity contribution in [3.63, 3.8) is 0 Å². The van der Waals surface area contributed by atoms with Gasteiger partial charge in [0.25, 0.3) is 10.0 Å². The van der Waals surface area contributed by atoms with E-state index in [-0.39, 0.29) is 22.8 Å². The van der Waals surface area contributed by atoms with Crippen molar-refractivity contribution < 1.29 is 22.7 Å². The molecule has 10 nitrogen and oxygen atoms in total. The molecule has 1 aromatic carbocycles. The Bertz CT molecular complexity index is 1350. The number of pyridine rings is 1. The summed E-state index contributed by atoms with van der Waals surface area (Å²) in [7, 11) is -3.79. The Morgan fingerprint density at radius 1 is 1.20 bits per heavy atom. The molecule has 2 aromatic heterocycles. The molecule has 2 N–H and O–H groups in total. The van der Waals surface area contributed by atoms with Gasteiger partial charge in [-0.05, 0) is 43.9 Å². The largest absolute Gasteiger partial charge is 0.445 e. The smallest absolute Gasteiger partial charge is 0.304 e. The van der Waals surface area contributed by atoms with Crippen molar-refractivity contribution in [2.45, 2.75) is 56.3 Å². The minimum Gasteiger partial charge on any atom is -0.445 e. The van der Waals surface area contributed by atoms with Crippen LogP contribution >= 0.6 is 0 Å². The number of nitrogens with zero attached hydrogens (tertiary/aromatic N) is 3. The van der Waals surface area contributed by atoms with Crippen molar-refractivity contribution >= 4 is 39.1 Å². The number of carbonyl (C=O) groups excluding carboxylic acids is 2. The Kier molecular flexibility index (Phi) is 6.20. The molecule has 1 unspecified atom stereocenters. The normalized spacial score (nSPS) is 21.2. The molecule has 1 amide bonds. The van der Waals surface area contributed by atoms with Crippen LogP contribution in [0.4, 0.5) is 5.69 Å². The zero-order valence-corrected chi connectivity index (χ0v) is 20.1. The molecule has 2 aliphatic rings. The highest BCUT2D eigenvalue weighted by Crippen LogP contribution is 2.37. The number of anilines is 1. The Labute approximate surface area is 203 Å². The van der Waals surface area contributed by atoms with E-state index in [4.69, 9.17) is 4.74 Å². The summed E-state index contributed by atoms with van der Waals surface area (Å²) < 4.78 is 33.3. The molecule has 0 spiro atoms. The van der Waals surface area contributed by atoms with Gasteiger partial charge in [0.05, 0.1) is 16.8 Å². The van der Waals surface area contributed by atoms with E-state index < -0.39 is 16.3 Å². The van der Waals surface area contributed by atoms with E-state index in [2.05, 4.69) is 15.7 Å². The van der Waals surface area contributed by atoms with Gasteiger partial charge in [-0.3, -0.25) is 9.59 Å². The lowest BCUT2D eigenvalue weighted by molar-refractivity contribution is -0.162. The van der Waals surface area contributed by atoms with Crippen molar-refractivity contribution in [3.8, 4) is 0 Å². The van der Waals surface area contributed by atoms with E-state index in [1.165, 1.54) is 17.1 Å². The number of ether oxygens (including phenoxy) is 1. The topological polar surface area (TPSA) is 123 Å².